The summed E-state index contributed by atoms with van der Waals surface area (Å²) in [6, 6.07) is 1.81. The molecule has 1 fully saturated rings. The molecule has 0 bridgehead atoms. The highest BCUT2D eigenvalue weighted by Crippen LogP contribution is 2.45. The average molecular weight is 449 g/mol. The first kappa shape index (κ1) is 20.1. The van der Waals surface area contributed by atoms with Crippen molar-refractivity contribution in [2.75, 3.05) is 23.8 Å². The average Bonchev–Trinajstić information content (AvgIpc) is 3.11. The highest BCUT2D eigenvalue weighted by molar-refractivity contribution is 6.16. The SMILES string of the molecule is CNc1cc(F)c2c3c1[nH]c1nc(Oc4cnc(C)nc4)nc(c13)N1CCC(N)[C@H](C)C1C2. The van der Waals surface area contributed by atoms with Crippen LogP contribution in [0.3, 0.4) is 0 Å². The number of aromatic nitrogens is 5. The van der Waals surface area contributed by atoms with Crippen LogP contribution in [-0.4, -0.2) is 50.6 Å². The van der Waals surface area contributed by atoms with E-state index < -0.39 is 0 Å². The van der Waals surface area contributed by atoms with Gasteiger partial charge in [-0.3, -0.25) is 0 Å². The maximum absolute atomic E-state index is 15.4. The summed E-state index contributed by atoms with van der Waals surface area (Å²) in [5, 5.41) is 4.74. The molecule has 0 spiro atoms. The third-order valence-electron chi connectivity index (χ3n) is 7.05. The largest absolute Gasteiger partial charge is 0.421 e. The zero-order valence-corrected chi connectivity index (χ0v) is 18.7. The Bertz CT molecular complexity index is 1390. The van der Waals surface area contributed by atoms with Gasteiger partial charge in [-0.05, 0) is 31.7 Å². The molecule has 5 heterocycles. The van der Waals surface area contributed by atoms with Gasteiger partial charge in [-0.25, -0.2) is 14.4 Å². The van der Waals surface area contributed by atoms with E-state index in [0.717, 1.165) is 35.1 Å². The van der Waals surface area contributed by atoms with E-state index in [2.05, 4.69) is 37.1 Å². The molecule has 1 aromatic carbocycles. The van der Waals surface area contributed by atoms with E-state index in [1.807, 2.05) is 6.92 Å². The molecule has 33 heavy (non-hydrogen) atoms. The minimum absolute atomic E-state index is 0.0212. The summed E-state index contributed by atoms with van der Waals surface area (Å²) >= 11 is 0. The van der Waals surface area contributed by atoms with Crippen molar-refractivity contribution in [2.24, 2.45) is 11.7 Å². The Kier molecular flexibility index (Phi) is 4.41. The van der Waals surface area contributed by atoms with Crippen molar-refractivity contribution in [3.63, 3.8) is 0 Å². The van der Waals surface area contributed by atoms with Crippen LogP contribution in [-0.2, 0) is 6.42 Å². The molecule has 10 heteroatoms. The van der Waals surface area contributed by atoms with E-state index in [0.29, 0.717) is 34.9 Å². The number of rotatable bonds is 3. The number of benzene rings is 1. The number of hydrogen-bond acceptors (Lipinski definition) is 8. The van der Waals surface area contributed by atoms with Gasteiger partial charge in [-0.2, -0.15) is 9.97 Å². The fourth-order valence-electron chi connectivity index (χ4n) is 5.21. The van der Waals surface area contributed by atoms with Crippen LogP contribution in [0.1, 0.15) is 24.7 Å². The number of piperidine rings is 1. The molecule has 0 aliphatic carbocycles. The number of H-pyrrole nitrogens is 1. The van der Waals surface area contributed by atoms with E-state index >= 15 is 4.39 Å². The van der Waals surface area contributed by atoms with E-state index in [4.69, 9.17) is 15.5 Å². The minimum Gasteiger partial charge on any atom is -0.421 e. The second kappa shape index (κ2) is 7.24. The molecule has 170 valence electrons. The van der Waals surface area contributed by atoms with Gasteiger partial charge < -0.3 is 25.7 Å². The highest BCUT2D eigenvalue weighted by Gasteiger charge is 2.39. The van der Waals surface area contributed by atoms with Gasteiger partial charge in [0.2, 0.25) is 0 Å². The van der Waals surface area contributed by atoms with Crippen molar-refractivity contribution in [3.8, 4) is 11.8 Å². The number of aryl methyl sites for hydroxylation is 1. The Hall–Kier alpha value is -3.53. The van der Waals surface area contributed by atoms with Crippen LogP contribution in [0.2, 0.25) is 0 Å². The molecule has 1 saturated heterocycles. The third kappa shape index (κ3) is 3.01. The van der Waals surface area contributed by atoms with Crippen LogP contribution in [0.15, 0.2) is 18.5 Å². The van der Waals surface area contributed by atoms with E-state index in [1.165, 1.54) is 0 Å². The number of ether oxygens (including phenoxy) is 1. The van der Waals surface area contributed by atoms with Gasteiger partial charge in [0.05, 0.1) is 29.0 Å². The van der Waals surface area contributed by atoms with Crippen LogP contribution in [0.4, 0.5) is 15.9 Å². The fourth-order valence-corrected chi connectivity index (χ4v) is 5.21. The molecule has 3 atom stereocenters. The fraction of sp³-hybridized carbons (Fsp3) is 0.391. The number of aromatic amines is 1. The topological polar surface area (TPSA) is 118 Å². The van der Waals surface area contributed by atoms with Crippen molar-refractivity contribution < 1.29 is 9.13 Å². The lowest BCUT2D eigenvalue weighted by Crippen LogP contribution is -2.54. The quantitative estimate of drug-likeness (QED) is 0.437. The van der Waals surface area contributed by atoms with Crippen LogP contribution >= 0.6 is 0 Å². The van der Waals surface area contributed by atoms with Gasteiger partial charge in [0.15, 0.2) is 5.75 Å². The second-order valence-electron chi connectivity index (χ2n) is 8.91. The smallest absolute Gasteiger partial charge is 0.326 e. The van der Waals surface area contributed by atoms with Crippen LogP contribution in [0, 0.1) is 18.7 Å². The van der Waals surface area contributed by atoms with Crippen LogP contribution in [0.5, 0.6) is 11.8 Å². The van der Waals surface area contributed by atoms with Crippen molar-refractivity contribution in [1.29, 1.82) is 0 Å². The first-order chi connectivity index (χ1) is 15.9. The molecule has 9 nitrogen and oxygen atoms in total. The van der Waals surface area contributed by atoms with Crippen molar-refractivity contribution in [3.05, 3.63) is 35.7 Å². The Morgan fingerprint density at radius 3 is 2.79 bits per heavy atom. The van der Waals surface area contributed by atoms with Gasteiger partial charge in [0, 0.05) is 36.6 Å². The molecule has 0 radical (unpaired) electrons. The summed E-state index contributed by atoms with van der Waals surface area (Å²) in [4.78, 5) is 23.5. The minimum atomic E-state index is -0.232. The van der Waals surface area contributed by atoms with Crippen molar-refractivity contribution >= 4 is 33.4 Å². The summed E-state index contributed by atoms with van der Waals surface area (Å²) in [5.74, 6) is 1.78. The highest BCUT2D eigenvalue weighted by atomic mass is 19.1. The Balaban J connectivity index is 1.62. The molecule has 2 aliphatic heterocycles. The lowest BCUT2D eigenvalue weighted by atomic mass is 9.83. The number of anilines is 2. The molecule has 3 aromatic heterocycles. The number of fused-ring (bicyclic) bond motifs is 2. The summed E-state index contributed by atoms with van der Waals surface area (Å²) in [5.41, 5.74) is 9.20. The molecule has 2 aliphatic rings. The molecule has 0 amide bonds. The second-order valence-corrected chi connectivity index (χ2v) is 8.91. The van der Waals surface area contributed by atoms with E-state index in [9.17, 15) is 0 Å². The molecular weight excluding hydrogens is 423 g/mol. The van der Waals surface area contributed by atoms with Crippen LogP contribution < -0.4 is 20.7 Å². The zero-order valence-electron chi connectivity index (χ0n) is 18.7. The molecule has 4 aromatic rings. The summed E-state index contributed by atoms with van der Waals surface area (Å²) in [6.45, 7) is 4.68. The lowest BCUT2D eigenvalue weighted by Gasteiger charge is -2.43. The van der Waals surface area contributed by atoms with Gasteiger partial charge >= 0.3 is 6.01 Å². The summed E-state index contributed by atoms with van der Waals surface area (Å²) in [7, 11) is 1.78. The van der Waals surface area contributed by atoms with E-state index in [-0.39, 0.29) is 29.8 Å². The normalized spacial score (nSPS) is 22.0. The molecule has 6 rings (SSSR count). The molecule has 2 unspecified atom stereocenters. The number of nitrogens with one attached hydrogen (secondary N) is 2. The zero-order chi connectivity index (χ0) is 22.9. The first-order valence-electron chi connectivity index (χ1n) is 11.2. The lowest BCUT2D eigenvalue weighted by molar-refractivity contribution is 0.297. The van der Waals surface area contributed by atoms with E-state index in [1.54, 1.807) is 25.5 Å². The molecule has 0 saturated carbocycles. The van der Waals surface area contributed by atoms with Gasteiger partial charge in [0.1, 0.15) is 23.1 Å². The number of nitrogens with two attached hydrogens (primary N) is 1. The standard InChI is InChI=1S/C23H25FN8O/c1-10-15(25)4-5-32-17(10)6-13-14(24)7-16(26-3)20-18(13)19-21(29-20)30-23(31-22(19)32)33-12-8-27-11(2)28-9-12/h7-10,15,17,26H,4-6,25H2,1-3H3,(H,29,30,31)/t10-,15?,17?/m0/s1. The summed E-state index contributed by atoms with van der Waals surface area (Å²) < 4.78 is 21.3. The molecular formula is C23H25FN8O. The van der Waals surface area contributed by atoms with Gasteiger partial charge in [-0.15, -0.1) is 0 Å². The Labute approximate surface area is 189 Å². The van der Waals surface area contributed by atoms with Gasteiger partial charge in [0.25, 0.3) is 0 Å². The Morgan fingerprint density at radius 2 is 2.03 bits per heavy atom. The maximum Gasteiger partial charge on any atom is 0.326 e. The van der Waals surface area contributed by atoms with Gasteiger partial charge in [-0.1, -0.05) is 6.92 Å². The predicted molar refractivity (Wildman–Crippen MR) is 124 cm³/mol. The third-order valence-corrected chi connectivity index (χ3v) is 7.05. The summed E-state index contributed by atoms with van der Waals surface area (Å²) in [6.07, 6.45) is 4.57. The number of hydrogen-bond donors (Lipinski definition) is 3. The maximum atomic E-state index is 15.4. The van der Waals surface area contributed by atoms with Crippen LogP contribution in [0.25, 0.3) is 21.9 Å². The van der Waals surface area contributed by atoms with Crippen molar-refractivity contribution in [1.82, 2.24) is 24.9 Å². The number of nitrogens with zero attached hydrogens (tertiary/aromatic N) is 5. The Morgan fingerprint density at radius 1 is 1.24 bits per heavy atom. The predicted octanol–water partition coefficient (Wildman–Crippen LogP) is 3.28. The van der Waals surface area contributed by atoms with Crippen molar-refractivity contribution in [2.45, 2.75) is 38.8 Å². The monoisotopic (exact) mass is 448 g/mol. The molecule has 4 N–H and O–H groups in total. The first-order valence-corrected chi connectivity index (χ1v) is 11.2. The number of halogens is 1.